The Morgan fingerprint density at radius 2 is 1.86 bits per heavy atom. The zero-order valence-electron chi connectivity index (χ0n) is 15.1. The molecule has 10 heteroatoms. The van der Waals surface area contributed by atoms with Crippen molar-refractivity contribution >= 4 is 17.3 Å². The monoisotopic (exact) mass is 390 g/mol. The first-order valence-electron chi connectivity index (χ1n) is 8.39. The summed E-state index contributed by atoms with van der Waals surface area (Å²) in [5.74, 6) is 0.0248. The standard InChI is InChI=1S/C18H17F3N6O/c1-3-22-17(28)11-4-9-15(14(10-11)16-24-26-27(2)25-16)23-13-7-5-12(6-8-13)18(19,20)21/h4-10,23H,3H2,1-2H3,(H,22,28). The molecule has 0 aliphatic heterocycles. The summed E-state index contributed by atoms with van der Waals surface area (Å²) in [5.41, 5.74) is 1.14. The lowest BCUT2D eigenvalue weighted by molar-refractivity contribution is -0.137. The molecule has 7 nitrogen and oxygen atoms in total. The zero-order chi connectivity index (χ0) is 20.3. The van der Waals surface area contributed by atoms with Gasteiger partial charge in [0.05, 0.1) is 12.6 Å². The molecule has 1 aromatic heterocycles. The summed E-state index contributed by atoms with van der Waals surface area (Å²) in [7, 11) is 1.60. The number of carbonyl (C=O) groups excluding carboxylic acids is 1. The fourth-order valence-electron chi connectivity index (χ4n) is 2.53. The first-order valence-corrected chi connectivity index (χ1v) is 8.39. The Kier molecular flexibility index (Phi) is 5.30. The van der Waals surface area contributed by atoms with E-state index in [1.54, 1.807) is 25.2 Å². The summed E-state index contributed by atoms with van der Waals surface area (Å²) in [5, 5.41) is 17.7. The third kappa shape index (κ3) is 4.27. The van der Waals surface area contributed by atoms with E-state index in [0.29, 0.717) is 29.0 Å². The van der Waals surface area contributed by atoms with Crippen LogP contribution in [0.2, 0.25) is 0 Å². The van der Waals surface area contributed by atoms with Gasteiger partial charge >= 0.3 is 6.18 Å². The molecule has 2 aromatic carbocycles. The van der Waals surface area contributed by atoms with Gasteiger partial charge in [0.2, 0.25) is 5.82 Å². The van der Waals surface area contributed by atoms with Gasteiger partial charge in [0.25, 0.3) is 5.91 Å². The molecule has 3 aromatic rings. The van der Waals surface area contributed by atoms with Crippen LogP contribution in [0.25, 0.3) is 11.4 Å². The third-order valence-corrected chi connectivity index (χ3v) is 3.86. The Labute approximate surface area is 158 Å². The van der Waals surface area contributed by atoms with Crippen LogP contribution in [-0.2, 0) is 13.2 Å². The largest absolute Gasteiger partial charge is 0.416 e. The van der Waals surface area contributed by atoms with E-state index < -0.39 is 11.7 Å². The number of alkyl halides is 3. The molecule has 0 bridgehead atoms. The second-order valence-corrected chi connectivity index (χ2v) is 5.92. The number of aryl methyl sites for hydroxylation is 1. The molecular formula is C18H17F3N6O. The molecule has 28 heavy (non-hydrogen) atoms. The molecule has 0 aliphatic rings. The SMILES string of the molecule is CCNC(=O)c1ccc(Nc2ccc(C(F)(F)F)cc2)c(-c2nnn(C)n2)c1. The molecule has 1 heterocycles. The zero-order valence-corrected chi connectivity index (χ0v) is 15.1. The Hall–Kier alpha value is -3.43. The highest BCUT2D eigenvalue weighted by Gasteiger charge is 2.30. The minimum Gasteiger partial charge on any atom is -0.355 e. The highest BCUT2D eigenvalue weighted by atomic mass is 19.4. The van der Waals surface area contributed by atoms with Crippen LogP contribution < -0.4 is 10.6 Å². The van der Waals surface area contributed by atoms with Gasteiger partial charge in [0, 0.05) is 29.0 Å². The van der Waals surface area contributed by atoms with Crippen LogP contribution >= 0.6 is 0 Å². The summed E-state index contributed by atoms with van der Waals surface area (Å²) in [6, 6.07) is 9.50. The third-order valence-electron chi connectivity index (χ3n) is 3.86. The van der Waals surface area contributed by atoms with E-state index in [1.807, 2.05) is 6.92 Å². The number of nitrogens with zero attached hydrogens (tertiary/aromatic N) is 4. The fraction of sp³-hybridized carbons (Fsp3) is 0.222. The fourth-order valence-corrected chi connectivity index (χ4v) is 2.53. The van der Waals surface area contributed by atoms with Crippen molar-refractivity contribution in [3.05, 3.63) is 53.6 Å². The van der Waals surface area contributed by atoms with E-state index in [9.17, 15) is 18.0 Å². The minimum absolute atomic E-state index is 0.256. The minimum atomic E-state index is -4.40. The molecule has 3 rings (SSSR count). The van der Waals surface area contributed by atoms with Gasteiger partial charge in [0.15, 0.2) is 0 Å². The Bertz CT molecular complexity index is 982. The van der Waals surface area contributed by atoms with Gasteiger partial charge in [-0.25, -0.2) is 0 Å². The van der Waals surface area contributed by atoms with Crippen molar-refractivity contribution in [1.82, 2.24) is 25.5 Å². The summed E-state index contributed by atoms with van der Waals surface area (Å²) in [4.78, 5) is 13.4. The number of aromatic nitrogens is 4. The molecule has 0 fully saturated rings. The lowest BCUT2D eigenvalue weighted by Gasteiger charge is -2.13. The topological polar surface area (TPSA) is 84.7 Å². The lowest BCUT2D eigenvalue weighted by atomic mass is 10.1. The second-order valence-electron chi connectivity index (χ2n) is 5.92. The van der Waals surface area contributed by atoms with Crippen molar-refractivity contribution in [2.45, 2.75) is 13.1 Å². The summed E-state index contributed by atoms with van der Waals surface area (Å²) in [6.07, 6.45) is -4.40. The van der Waals surface area contributed by atoms with E-state index in [4.69, 9.17) is 0 Å². The van der Waals surface area contributed by atoms with Gasteiger partial charge in [-0.1, -0.05) is 0 Å². The molecule has 146 valence electrons. The molecule has 0 saturated carbocycles. The van der Waals surface area contributed by atoms with Crippen LogP contribution in [0, 0.1) is 0 Å². The van der Waals surface area contributed by atoms with Gasteiger partial charge in [-0.15, -0.1) is 10.2 Å². The van der Waals surface area contributed by atoms with Crippen molar-refractivity contribution < 1.29 is 18.0 Å². The predicted molar refractivity (Wildman–Crippen MR) is 97.0 cm³/mol. The van der Waals surface area contributed by atoms with Crippen molar-refractivity contribution in [1.29, 1.82) is 0 Å². The van der Waals surface area contributed by atoms with Crippen molar-refractivity contribution in [3.8, 4) is 11.4 Å². The van der Waals surface area contributed by atoms with Gasteiger partial charge in [0.1, 0.15) is 0 Å². The predicted octanol–water partition coefficient (Wildman–Crippen LogP) is 3.39. The molecule has 1 amide bonds. The van der Waals surface area contributed by atoms with Gasteiger partial charge in [-0.2, -0.15) is 18.0 Å². The molecule has 0 atom stereocenters. The van der Waals surface area contributed by atoms with E-state index in [2.05, 4.69) is 26.0 Å². The normalized spacial score (nSPS) is 11.3. The summed E-state index contributed by atoms with van der Waals surface area (Å²) >= 11 is 0. The number of hydrogen-bond donors (Lipinski definition) is 2. The number of benzene rings is 2. The molecule has 0 saturated heterocycles. The van der Waals surface area contributed by atoms with E-state index in [1.165, 1.54) is 16.9 Å². The highest BCUT2D eigenvalue weighted by molar-refractivity contribution is 5.96. The molecular weight excluding hydrogens is 373 g/mol. The average molecular weight is 390 g/mol. The molecule has 0 unspecified atom stereocenters. The number of hydrogen-bond acceptors (Lipinski definition) is 5. The van der Waals surface area contributed by atoms with Crippen LogP contribution in [0.5, 0.6) is 0 Å². The number of tetrazole rings is 1. The first kappa shape index (κ1) is 19.3. The summed E-state index contributed by atoms with van der Waals surface area (Å²) in [6.45, 7) is 2.28. The Morgan fingerprint density at radius 1 is 1.14 bits per heavy atom. The van der Waals surface area contributed by atoms with Gasteiger partial charge in [-0.3, -0.25) is 4.79 Å². The van der Waals surface area contributed by atoms with E-state index >= 15 is 0 Å². The molecule has 2 N–H and O–H groups in total. The van der Waals surface area contributed by atoms with Crippen LogP contribution in [0.3, 0.4) is 0 Å². The quantitative estimate of drug-likeness (QED) is 0.698. The molecule has 0 radical (unpaired) electrons. The lowest BCUT2D eigenvalue weighted by Crippen LogP contribution is -2.22. The maximum atomic E-state index is 12.7. The van der Waals surface area contributed by atoms with Crippen LogP contribution in [0.1, 0.15) is 22.8 Å². The van der Waals surface area contributed by atoms with Crippen molar-refractivity contribution in [3.63, 3.8) is 0 Å². The van der Waals surface area contributed by atoms with Crippen LogP contribution in [0.4, 0.5) is 24.5 Å². The Morgan fingerprint density at radius 3 is 2.43 bits per heavy atom. The van der Waals surface area contributed by atoms with Gasteiger partial charge < -0.3 is 10.6 Å². The van der Waals surface area contributed by atoms with Crippen LogP contribution in [-0.4, -0.2) is 32.7 Å². The average Bonchev–Trinajstić information content (AvgIpc) is 3.08. The molecule has 0 aliphatic carbocycles. The van der Waals surface area contributed by atoms with E-state index in [0.717, 1.165) is 12.1 Å². The smallest absolute Gasteiger partial charge is 0.355 e. The maximum absolute atomic E-state index is 12.7. The van der Waals surface area contributed by atoms with Crippen molar-refractivity contribution in [2.75, 3.05) is 11.9 Å². The number of nitrogens with one attached hydrogen (secondary N) is 2. The highest BCUT2D eigenvalue weighted by Crippen LogP contribution is 2.32. The van der Waals surface area contributed by atoms with Crippen molar-refractivity contribution in [2.24, 2.45) is 7.05 Å². The summed E-state index contributed by atoms with van der Waals surface area (Å²) < 4.78 is 38.2. The first-order chi connectivity index (χ1) is 13.3. The second kappa shape index (κ2) is 7.67. The Balaban J connectivity index is 1.96. The number of halogens is 3. The van der Waals surface area contributed by atoms with E-state index in [-0.39, 0.29) is 11.7 Å². The van der Waals surface area contributed by atoms with Gasteiger partial charge in [-0.05, 0) is 54.6 Å². The molecule has 0 spiro atoms. The number of amides is 1. The number of carbonyl (C=O) groups is 1. The maximum Gasteiger partial charge on any atom is 0.416 e. The number of anilines is 2. The number of rotatable bonds is 5. The van der Waals surface area contributed by atoms with Crippen LogP contribution in [0.15, 0.2) is 42.5 Å².